The fourth-order valence-electron chi connectivity index (χ4n) is 6.86. The largest absolute Gasteiger partial charge is 0.246 e. The Bertz CT molecular complexity index is 1250. The van der Waals surface area contributed by atoms with Gasteiger partial charge in [-0.1, -0.05) is 75.4 Å². The standard InChI is InChI=1S/C30H30BrClN2/c1-29(2)25(12-6-18-5-7-21(17-33)23(32)15-18)30(3,4)26(29)13-10-20-16-24-22(11-14-27(31)34-24)28(20)19-8-9-19/h5-7,11-12,14-15,19-20,25-26,28H,8-9,16H2,1-4H3/b12-6+. The number of hydrogen-bond acceptors (Lipinski definition) is 2. The summed E-state index contributed by atoms with van der Waals surface area (Å²) in [4.78, 5) is 4.78. The third-order valence-electron chi connectivity index (χ3n) is 8.41. The molecule has 0 spiro atoms. The van der Waals surface area contributed by atoms with Gasteiger partial charge in [0.25, 0.3) is 0 Å². The summed E-state index contributed by atoms with van der Waals surface area (Å²) in [5, 5.41) is 9.62. The molecule has 2 atom stereocenters. The van der Waals surface area contributed by atoms with Crippen LogP contribution in [0.25, 0.3) is 6.08 Å². The van der Waals surface area contributed by atoms with Gasteiger partial charge in [-0.2, -0.15) is 5.26 Å². The summed E-state index contributed by atoms with van der Waals surface area (Å²) in [5.41, 5.74) is 4.38. The van der Waals surface area contributed by atoms with Crippen molar-refractivity contribution >= 4 is 33.6 Å². The number of allylic oxidation sites excluding steroid dienone is 1. The van der Waals surface area contributed by atoms with Gasteiger partial charge < -0.3 is 0 Å². The topological polar surface area (TPSA) is 36.7 Å². The molecule has 2 unspecified atom stereocenters. The molecular weight excluding hydrogens is 504 g/mol. The maximum atomic E-state index is 9.11. The minimum absolute atomic E-state index is 0.0885. The monoisotopic (exact) mass is 532 g/mol. The predicted octanol–water partition coefficient (Wildman–Crippen LogP) is 8.05. The van der Waals surface area contributed by atoms with E-state index in [1.54, 1.807) is 6.07 Å². The van der Waals surface area contributed by atoms with Crippen LogP contribution < -0.4 is 0 Å². The van der Waals surface area contributed by atoms with Gasteiger partial charge in [-0.25, -0.2) is 4.98 Å². The highest BCUT2D eigenvalue weighted by molar-refractivity contribution is 9.10. The number of rotatable bonds is 3. The maximum Gasteiger partial charge on any atom is 0.106 e. The summed E-state index contributed by atoms with van der Waals surface area (Å²) in [5.74, 6) is 10.00. The summed E-state index contributed by atoms with van der Waals surface area (Å²) < 4.78 is 0.925. The van der Waals surface area contributed by atoms with Crippen LogP contribution in [0.3, 0.4) is 0 Å². The molecule has 2 fully saturated rings. The fraction of sp³-hybridized carbons (Fsp3) is 0.467. The van der Waals surface area contributed by atoms with Gasteiger partial charge in [0.2, 0.25) is 0 Å². The molecule has 1 heterocycles. The summed E-state index contributed by atoms with van der Waals surface area (Å²) in [7, 11) is 0. The van der Waals surface area contributed by atoms with Crippen molar-refractivity contribution < 1.29 is 0 Å². The first-order valence-corrected chi connectivity index (χ1v) is 13.3. The van der Waals surface area contributed by atoms with Gasteiger partial charge in [-0.05, 0) is 80.8 Å². The molecular formula is C30H30BrClN2. The Kier molecular flexibility index (Phi) is 5.95. The van der Waals surface area contributed by atoms with Crippen molar-refractivity contribution in [3.63, 3.8) is 0 Å². The van der Waals surface area contributed by atoms with Crippen molar-refractivity contribution in [1.82, 2.24) is 4.98 Å². The third kappa shape index (κ3) is 4.02. The second-order valence-corrected chi connectivity index (χ2v) is 12.6. The first-order valence-electron chi connectivity index (χ1n) is 12.2. The molecule has 0 amide bonds. The van der Waals surface area contributed by atoms with Crippen LogP contribution in [0.15, 0.2) is 41.0 Å². The van der Waals surface area contributed by atoms with Crippen molar-refractivity contribution in [1.29, 1.82) is 5.26 Å². The number of benzene rings is 1. The third-order valence-corrected chi connectivity index (χ3v) is 9.16. The van der Waals surface area contributed by atoms with E-state index in [2.05, 4.69) is 85.8 Å². The average molecular weight is 534 g/mol. The van der Waals surface area contributed by atoms with E-state index in [0.717, 1.165) is 22.5 Å². The SMILES string of the molecule is CC1(C)C(C#CC2Cc3nc(Br)ccc3C2C2CC2)C(C)(C)C1/C=C/c1ccc(C#N)c(Cl)c1. The van der Waals surface area contributed by atoms with Gasteiger partial charge in [-0.3, -0.25) is 0 Å². The van der Waals surface area contributed by atoms with Crippen LogP contribution in [0, 0.1) is 57.7 Å². The normalized spacial score (nSPS) is 28.5. The second-order valence-electron chi connectivity index (χ2n) is 11.4. The number of nitrogens with zero attached hydrogens (tertiary/aromatic N) is 2. The van der Waals surface area contributed by atoms with Crippen LogP contribution in [0.1, 0.15) is 68.8 Å². The van der Waals surface area contributed by atoms with Crippen LogP contribution >= 0.6 is 27.5 Å². The van der Waals surface area contributed by atoms with Gasteiger partial charge in [0.1, 0.15) is 10.7 Å². The van der Waals surface area contributed by atoms with Gasteiger partial charge in [-0.15, -0.1) is 0 Å². The number of hydrogen-bond donors (Lipinski definition) is 0. The van der Waals surface area contributed by atoms with Gasteiger partial charge in [0, 0.05) is 29.9 Å². The van der Waals surface area contributed by atoms with Crippen LogP contribution in [0.5, 0.6) is 0 Å². The number of halogens is 2. The molecule has 174 valence electrons. The van der Waals surface area contributed by atoms with E-state index in [4.69, 9.17) is 21.8 Å². The smallest absolute Gasteiger partial charge is 0.106 e. The van der Waals surface area contributed by atoms with Crippen molar-refractivity contribution in [2.75, 3.05) is 0 Å². The van der Waals surface area contributed by atoms with Crippen LogP contribution in [-0.4, -0.2) is 4.98 Å². The molecule has 2 aromatic rings. The molecule has 2 saturated carbocycles. The first kappa shape index (κ1) is 23.7. The van der Waals surface area contributed by atoms with E-state index in [0.29, 0.717) is 34.3 Å². The number of aromatic nitrogens is 1. The number of fused-ring (bicyclic) bond motifs is 1. The Morgan fingerprint density at radius 1 is 1.09 bits per heavy atom. The van der Waals surface area contributed by atoms with Crippen molar-refractivity contribution in [3.8, 4) is 17.9 Å². The van der Waals surface area contributed by atoms with Crippen LogP contribution in [0.2, 0.25) is 5.02 Å². The number of pyridine rings is 1. The Morgan fingerprint density at radius 2 is 1.82 bits per heavy atom. The molecule has 3 aliphatic rings. The van der Waals surface area contributed by atoms with Crippen LogP contribution in [-0.2, 0) is 6.42 Å². The molecule has 0 aliphatic heterocycles. The average Bonchev–Trinajstić information content (AvgIpc) is 3.54. The quantitative estimate of drug-likeness (QED) is 0.295. The summed E-state index contributed by atoms with van der Waals surface area (Å²) in [6, 6.07) is 12.1. The summed E-state index contributed by atoms with van der Waals surface area (Å²) >= 11 is 9.77. The molecule has 0 saturated heterocycles. The van der Waals surface area contributed by atoms with Gasteiger partial charge in [0.15, 0.2) is 0 Å². The highest BCUT2D eigenvalue weighted by Gasteiger charge is 2.59. The molecule has 5 rings (SSSR count). The Morgan fingerprint density at radius 3 is 2.47 bits per heavy atom. The lowest BCUT2D eigenvalue weighted by Crippen LogP contribution is -2.58. The summed E-state index contributed by atoms with van der Waals surface area (Å²) in [6.45, 7) is 9.38. The molecule has 4 heteroatoms. The van der Waals surface area contributed by atoms with Crippen LogP contribution in [0.4, 0.5) is 0 Å². The fourth-order valence-corrected chi connectivity index (χ4v) is 7.43. The van der Waals surface area contributed by atoms with Crippen molar-refractivity contribution in [2.24, 2.45) is 34.5 Å². The van der Waals surface area contributed by atoms with E-state index >= 15 is 0 Å². The van der Waals surface area contributed by atoms with E-state index in [1.807, 2.05) is 12.1 Å². The zero-order chi connectivity index (χ0) is 24.3. The molecule has 0 N–H and O–H groups in total. The molecule has 1 aromatic carbocycles. The minimum atomic E-state index is 0.0885. The Hall–Kier alpha value is -2.07. The Balaban J connectivity index is 1.35. The van der Waals surface area contributed by atoms with E-state index in [-0.39, 0.29) is 10.8 Å². The summed E-state index contributed by atoms with van der Waals surface area (Å²) in [6.07, 6.45) is 8.08. The first-order chi connectivity index (χ1) is 16.1. The lowest BCUT2D eigenvalue weighted by Gasteiger charge is -2.62. The van der Waals surface area contributed by atoms with Gasteiger partial charge >= 0.3 is 0 Å². The molecule has 0 radical (unpaired) electrons. The molecule has 0 bridgehead atoms. The number of nitriles is 1. The second kappa shape index (κ2) is 8.55. The molecule has 1 aromatic heterocycles. The van der Waals surface area contributed by atoms with E-state index in [9.17, 15) is 0 Å². The van der Waals surface area contributed by atoms with Crippen molar-refractivity contribution in [3.05, 3.63) is 68.4 Å². The maximum absolute atomic E-state index is 9.11. The lowest BCUT2D eigenvalue weighted by atomic mass is 9.41. The highest BCUT2D eigenvalue weighted by Crippen LogP contribution is 2.64. The van der Waals surface area contributed by atoms with Gasteiger partial charge in [0.05, 0.1) is 10.6 Å². The van der Waals surface area contributed by atoms with E-state index in [1.165, 1.54) is 24.1 Å². The van der Waals surface area contributed by atoms with Crippen molar-refractivity contribution in [2.45, 2.75) is 52.9 Å². The zero-order valence-electron chi connectivity index (χ0n) is 20.2. The molecule has 34 heavy (non-hydrogen) atoms. The predicted molar refractivity (Wildman–Crippen MR) is 142 cm³/mol. The lowest BCUT2D eigenvalue weighted by molar-refractivity contribution is -0.100. The van der Waals surface area contributed by atoms with E-state index < -0.39 is 0 Å². The highest BCUT2D eigenvalue weighted by atomic mass is 79.9. The Labute approximate surface area is 216 Å². The molecule has 2 nitrogen and oxygen atoms in total. The zero-order valence-corrected chi connectivity index (χ0v) is 22.5. The minimum Gasteiger partial charge on any atom is -0.246 e. The molecule has 3 aliphatic carbocycles.